The molecule has 0 aliphatic carbocycles. The standard InChI is InChI=1S/C9H20N2O2S/c1-11-6-3-4-9(8-11)10-5-7-14(2,12)13/h9-10H,3-8H2,1-2H3. The van der Waals surface area contributed by atoms with Crippen LogP contribution in [0.3, 0.4) is 0 Å². The second-order valence-corrected chi connectivity index (χ2v) is 6.45. The molecule has 0 amide bonds. The average molecular weight is 220 g/mol. The normalized spacial score (nSPS) is 25.1. The van der Waals surface area contributed by atoms with Gasteiger partial charge in [-0.3, -0.25) is 0 Å². The summed E-state index contributed by atoms with van der Waals surface area (Å²) in [4.78, 5) is 2.28. The summed E-state index contributed by atoms with van der Waals surface area (Å²) in [6.07, 6.45) is 3.64. The molecule has 5 heteroatoms. The molecule has 0 saturated carbocycles. The van der Waals surface area contributed by atoms with Crippen molar-refractivity contribution in [2.24, 2.45) is 0 Å². The van der Waals surface area contributed by atoms with Gasteiger partial charge in [0, 0.05) is 25.4 Å². The molecule has 84 valence electrons. The van der Waals surface area contributed by atoms with Gasteiger partial charge in [-0.25, -0.2) is 8.42 Å². The Morgan fingerprint density at radius 3 is 2.79 bits per heavy atom. The molecule has 1 atom stereocenters. The van der Waals surface area contributed by atoms with Crippen LogP contribution in [0.4, 0.5) is 0 Å². The molecule has 0 spiro atoms. The molecule has 1 rings (SSSR count). The van der Waals surface area contributed by atoms with E-state index < -0.39 is 9.84 Å². The zero-order chi connectivity index (χ0) is 10.6. The second kappa shape index (κ2) is 5.09. The van der Waals surface area contributed by atoms with Crippen molar-refractivity contribution < 1.29 is 8.42 Å². The van der Waals surface area contributed by atoms with Crippen molar-refractivity contribution in [1.29, 1.82) is 0 Å². The topological polar surface area (TPSA) is 49.4 Å². The first kappa shape index (κ1) is 11.9. The van der Waals surface area contributed by atoms with E-state index in [1.165, 1.54) is 12.7 Å². The summed E-state index contributed by atoms with van der Waals surface area (Å²) in [5, 5.41) is 3.29. The Kier molecular flexibility index (Phi) is 4.34. The lowest BCUT2D eigenvalue weighted by Crippen LogP contribution is -2.45. The maximum absolute atomic E-state index is 10.9. The number of nitrogens with zero attached hydrogens (tertiary/aromatic N) is 1. The van der Waals surface area contributed by atoms with Crippen LogP contribution in [-0.2, 0) is 9.84 Å². The van der Waals surface area contributed by atoms with Crippen LogP contribution >= 0.6 is 0 Å². The van der Waals surface area contributed by atoms with Crippen molar-refractivity contribution in [3.8, 4) is 0 Å². The van der Waals surface area contributed by atoms with Gasteiger partial charge in [0.1, 0.15) is 9.84 Å². The molecule has 1 unspecified atom stereocenters. The lowest BCUT2D eigenvalue weighted by Gasteiger charge is -2.30. The highest BCUT2D eigenvalue weighted by atomic mass is 32.2. The van der Waals surface area contributed by atoms with Gasteiger partial charge in [-0.2, -0.15) is 0 Å². The van der Waals surface area contributed by atoms with E-state index >= 15 is 0 Å². The Balaban J connectivity index is 2.18. The minimum atomic E-state index is -2.81. The second-order valence-electron chi connectivity index (χ2n) is 4.19. The van der Waals surface area contributed by atoms with E-state index in [0.29, 0.717) is 12.6 Å². The van der Waals surface area contributed by atoms with Crippen molar-refractivity contribution in [3.05, 3.63) is 0 Å². The largest absolute Gasteiger partial charge is 0.312 e. The third kappa shape index (κ3) is 4.93. The molecule has 1 saturated heterocycles. The van der Waals surface area contributed by atoms with Crippen LogP contribution in [0.5, 0.6) is 0 Å². The number of piperidine rings is 1. The summed E-state index contributed by atoms with van der Waals surface area (Å²) < 4.78 is 21.8. The molecule has 1 N–H and O–H groups in total. The van der Waals surface area contributed by atoms with E-state index in [1.807, 2.05) is 0 Å². The summed E-state index contributed by atoms with van der Waals surface area (Å²) >= 11 is 0. The number of likely N-dealkylation sites (tertiary alicyclic amines) is 1. The summed E-state index contributed by atoms with van der Waals surface area (Å²) in [6, 6.07) is 0.468. The molecular weight excluding hydrogens is 200 g/mol. The molecule has 1 aliphatic rings. The van der Waals surface area contributed by atoms with Gasteiger partial charge in [-0.05, 0) is 26.4 Å². The van der Waals surface area contributed by atoms with Crippen LogP contribution in [0.1, 0.15) is 12.8 Å². The monoisotopic (exact) mass is 220 g/mol. The zero-order valence-corrected chi connectivity index (χ0v) is 9.81. The van der Waals surface area contributed by atoms with Gasteiger partial charge in [0.25, 0.3) is 0 Å². The van der Waals surface area contributed by atoms with E-state index in [9.17, 15) is 8.42 Å². The molecule has 14 heavy (non-hydrogen) atoms. The van der Waals surface area contributed by atoms with E-state index in [0.717, 1.165) is 19.5 Å². The maximum Gasteiger partial charge on any atom is 0.148 e. The smallest absolute Gasteiger partial charge is 0.148 e. The molecular formula is C9H20N2O2S. The SMILES string of the molecule is CN1CCCC(NCCS(C)(=O)=O)C1. The van der Waals surface area contributed by atoms with E-state index in [-0.39, 0.29) is 5.75 Å². The fourth-order valence-corrected chi connectivity index (χ4v) is 2.27. The van der Waals surface area contributed by atoms with Crippen LogP contribution in [0.15, 0.2) is 0 Å². The molecule has 0 aromatic rings. The number of hydrogen-bond donors (Lipinski definition) is 1. The minimum Gasteiger partial charge on any atom is -0.312 e. The van der Waals surface area contributed by atoms with Crippen LogP contribution in [-0.4, -0.2) is 58.1 Å². The minimum absolute atomic E-state index is 0.243. The van der Waals surface area contributed by atoms with Crippen LogP contribution in [0, 0.1) is 0 Å². The number of hydrogen-bond acceptors (Lipinski definition) is 4. The first-order valence-corrected chi connectivity index (χ1v) is 7.13. The van der Waals surface area contributed by atoms with Crippen LogP contribution in [0.2, 0.25) is 0 Å². The lowest BCUT2D eigenvalue weighted by atomic mass is 10.1. The van der Waals surface area contributed by atoms with Gasteiger partial charge in [0.15, 0.2) is 0 Å². The fourth-order valence-electron chi connectivity index (χ4n) is 1.78. The predicted molar refractivity (Wildman–Crippen MR) is 58.2 cm³/mol. The molecule has 1 fully saturated rings. The molecule has 0 bridgehead atoms. The Bertz CT molecular complexity index is 264. The summed E-state index contributed by atoms with van der Waals surface area (Å²) in [5.41, 5.74) is 0. The quantitative estimate of drug-likeness (QED) is 0.707. The van der Waals surface area contributed by atoms with Crippen molar-refractivity contribution in [2.45, 2.75) is 18.9 Å². The summed E-state index contributed by atoms with van der Waals surface area (Å²) in [6.45, 7) is 2.77. The van der Waals surface area contributed by atoms with Gasteiger partial charge in [-0.1, -0.05) is 0 Å². The molecule has 1 heterocycles. The van der Waals surface area contributed by atoms with Gasteiger partial charge < -0.3 is 10.2 Å². The highest BCUT2D eigenvalue weighted by Gasteiger charge is 2.16. The van der Waals surface area contributed by atoms with Gasteiger partial charge in [-0.15, -0.1) is 0 Å². The third-order valence-electron chi connectivity index (χ3n) is 2.53. The Morgan fingerprint density at radius 2 is 2.21 bits per heavy atom. The van der Waals surface area contributed by atoms with Crippen molar-refractivity contribution in [3.63, 3.8) is 0 Å². The van der Waals surface area contributed by atoms with Crippen molar-refractivity contribution in [2.75, 3.05) is 38.7 Å². The van der Waals surface area contributed by atoms with E-state index in [1.54, 1.807) is 0 Å². The zero-order valence-electron chi connectivity index (χ0n) is 8.99. The van der Waals surface area contributed by atoms with Gasteiger partial charge in [0.2, 0.25) is 0 Å². The molecule has 0 aromatic carbocycles. The highest BCUT2D eigenvalue weighted by molar-refractivity contribution is 7.90. The number of rotatable bonds is 4. The fraction of sp³-hybridized carbons (Fsp3) is 1.00. The van der Waals surface area contributed by atoms with Crippen LogP contribution in [0.25, 0.3) is 0 Å². The number of nitrogens with one attached hydrogen (secondary N) is 1. The van der Waals surface area contributed by atoms with Crippen molar-refractivity contribution in [1.82, 2.24) is 10.2 Å². The van der Waals surface area contributed by atoms with Gasteiger partial charge >= 0.3 is 0 Å². The molecule has 1 aliphatic heterocycles. The first-order valence-electron chi connectivity index (χ1n) is 5.07. The Labute approximate surface area is 86.6 Å². The summed E-state index contributed by atoms with van der Waals surface area (Å²) in [5.74, 6) is 0.243. The Hall–Kier alpha value is -0.130. The number of sulfone groups is 1. The maximum atomic E-state index is 10.9. The van der Waals surface area contributed by atoms with Crippen LogP contribution < -0.4 is 5.32 Å². The lowest BCUT2D eigenvalue weighted by molar-refractivity contribution is 0.229. The Morgan fingerprint density at radius 1 is 1.50 bits per heavy atom. The molecule has 4 nitrogen and oxygen atoms in total. The third-order valence-corrected chi connectivity index (χ3v) is 3.48. The molecule has 0 radical (unpaired) electrons. The average Bonchev–Trinajstić information content (AvgIpc) is 2.01. The highest BCUT2D eigenvalue weighted by Crippen LogP contribution is 2.07. The van der Waals surface area contributed by atoms with Gasteiger partial charge in [0.05, 0.1) is 5.75 Å². The molecule has 0 aromatic heterocycles. The predicted octanol–water partition coefficient (Wildman–Crippen LogP) is -0.285. The van der Waals surface area contributed by atoms with E-state index in [4.69, 9.17) is 0 Å². The van der Waals surface area contributed by atoms with Crippen molar-refractivity contribution >= 4 is 9.84 Å². The summed E-state index contributed by atoms with van der Waals surface area (Å²) in [7, 11) is -0.713. The number of likely N-dealkylation sites (N-methyl/N-ethyl adjacent to an activating group) is 1. The first-order chi connectivity index (χ1) is 6.47. The van der Waals surface area contributed by atoms with E-state index in [2.05, 4.69) is 17.3 Å².